The molecule has 2 aromatic rings. The van der Waals surface area contributed by atoms with Crippen LogP contribution in [-0.4, -0.2) is 15.8 Å². The number of nitrogens with one attached hydrogen (secondary N) is 1. The van der Waals surface area contributed by atoms with Crippen LogP contribution in [0, 0.1) is 0 Å². The summed E-state index contributed by atoms with van der Waals surface area (Å²) in [5, 5.41) is 0. The van der Waals surface area contributed by atoms with E-state index in [9.17, 15) is 4.79 Å². The van der Waals surface area contributed by atoms with Gasteiger partial charge in [-0.1, -0.05) is 25.5 Å². The third-order valence-corrected chi connectivity index (χ3v) is 2.41. The molecule has 15 heavy (non-hydrogen) atoms. The number of carbonyl (C=O) groups is 1. The maximum atomic E-state index is 11.7. The first-order chi connectivity index (χ1) is 7.31. The van der Waals surface area contributed by atoms with E-state index in [0.717, 1.165) is 23.9 Å². The van der Waals surface area contributed by atoms with Crippen LogP contribution in [0.3, 0.4) is 0 Å². The van der Waals surface area contributed by atoms with E-state index in [-0.39, 0.29) is 5.78 Å². The molecule has 0 spiro atoms. The van der Waals surface area contributed by atoms with Crippen LogP contribution in [-0.2, 0) is 0 Å². The minimum Gasteiger partial charge on any atom is -0.335 e. The van der Waals surface area contributed by atoms with Crippen molar-refractivity contribution in [2.24, 2.45) is 0 Å². The number of imidazole rings is 1. The van der Waals surface area contributed by atoms with E-state index in [4.69, 9.17) is 0 Å². The Kier molecular flexibility index (Phi) is 2.81. The predicted octanol–water partition coefficient (Wildman–Crippen LogP) is 2.94. The van der Waals surface area contributed by atoms with Crippen LogP contribution < -0.4 is 0 Å². The third-order valence-electron chi connectivity index (χ3n) is 2.41. The second kappa shape index (κ2) is 4.26. The highest BCUT2D eigenvalue weighted by Gasteiger charge is 2.09. The van der Waals surface area contributed by atoms with E-state index >= 15 is 0 Å². The minimum atomic E-state index is 0.105. The molecule has 0 fully saturated rings. The van der Waals surface area contributed by atoms with Gasteiger partial charge in [0.1, 0.15) is 0 Å². The fourth-order valence-corrected chi connectivity index (χ4v) is 1.54. The lowest BCUT2D eigenvalue weighted by atomic mass is 10.2. The zero-order valence-corrected chi connectivity index (χ0v) is 8.79. The van der Waals surface area contributed by atoms with E-state index < -0.39 is 0 Å². The number of hydrogen-bond acceptors (Lipinski definition) is 2. The molecule has 0 saturated carbocycles. The number of nitrogens with zero attached hydrogens (tertiary/aromatic N) is 1. The summed E-state index contributed by atoms with van der Waals surface area (Å²) < 4.78 is 0. The first kappa shape index (κ1) is 9.90. The van der Waals surface area contributed by atoms with Gasteiger partial charge in [-0.15, -0.1) is 0 Å². The Labute approximate surface area is 88.5 Å². The topological polar surface area (TPSA) is 45.8 Å². The molecule has 1 heterocycles. The van der Waals surface area contributed by atoms with Gasteiger partial charge in [0.05, 0.1) is 11.0 Å². The van der Waals surface area contributed by atoms with Gasteiger partial charge in [0.2, 0.25) is 0 Å². The summed E-state index contributed by atoms with van der Waals surface area (Å²) in [5.74, 6) is 0.595. The van der Waals surface area contributed by atoms with Crippen molar-refractivity contribution in [3.05, 3.63) is 30.1 Å². The van der Waals surface area contributed by atoms with Crippen molar-refractivity contribution in [3.63, 3.8) is 0 Å². The summed E-state index contributed by atoms with van der Waals surface area (Å²) in [6.45, 7) is 2.08. The molecule has 2 rings (SSSR count). The Bertz CT molecular complexity index is 440. The highest BCUT2D eigenvalue weighted by molar-refractivity contribution is 5.95. The minimum absolute atomic E-state index is 0.105. The summed E-state index contributed by atoms with van der Waals surface area (Å²) in [7, 11) is 0. The van der Waals surface area contributed by atoms with Gasteiger partial charge in [-0.3, -0.25) is 4.79 Å². The number of hydrogen-bond donors (Lipinski definition) is 1. The number of carbonyl (C=O) groups excluding carboxylic acids is 1. The molecule has 1 N–H and O–H groups in total. The van der Waals surface area contributed by atoms with Crippen LogP contribution in [0.1, 0.15) is 36.8 Å². The number of unbranched alkanes of at least 4 members (excludes halogenated alkanes) is 1. The molecule has 1 aromatic heterocycles. The molecule has 1 aromatic carbocycles. The monoisotopic (exact) mass is 202 g/mol. The summed E-state index contributed by atoms with van der Waals surface area (Å²) in [4.78, 5) is 19.0. The van der Waals surface area contributed by atoms with Crippen LogP contribution >= 0.6 is 0 Å². The smallest absolute Gasteiger partial charge is 0.198 e. The highest BCUT2D eigenvalue weighted by Crippen LogP contribution is 2.12. The lowest BCUT2D eigenvalue weighted by molar-refractivity contribution is 0.0971. The van der Waals surface area contributed by atoms with Gasteiger partial charge in [0, 0.05) is 6.42 Å². The van der Waals surface area contributed by atoms with Gasteiger partial charge in [-0.2, -0.15) is 0 Å². The second-order valence-corrected chi connectivity index (χ2v) is 3.63. The molecule has 0 aliphatic rings. The molecule has 0 saturated heterocycles. The molecule has 3 heteroatoms. The number of H-pyrrole nitrogens is 1. The Morgan fingerprint density at radius 3 is 2.93 bits per heavy atom. The lowest BCUT2D eigenvalue weighted by Gasteiger charge is -1.93. The summed E-state index contributed by atoms with van der Waals surface area (Å²) in [6.07, 6.45) is 2.54. The second-order valence-electron chi connectivity index (χ2n) is 3.63. The zero-order chi connectivity index (χ0) is 10.7. The molecule has 3 nitrogen and oxygen atoms in total. The molecule has 0 atom stereocenters. The van der Waals surface area contributed by atoms with Crippen LogP contribution in [0.2, 0.25) is 0 Å². The van der Waals surface area contributed by atoms with Gasteiger partial charge in [-0.05, 0) is 18.6 Å². The number of rotatable bonds is 4. The Morgan fingerprint density at radius 1 is 1.40 bits per heavy atom. The molecular formula is C12H14N2O. The fraction of sp³-hybridized carbons (Fsp3) is 0.333. The van der Waals surface area contributed by atoms with E-state index in [2.05, 4.69) is 16.9 Å². The number of Topliss-reactive ketones (excluding diaryl/α,β-unsaturated/α-hetero) is 1. The fourth-order valence-electron chi connectivity index (χ4n) is 1.54. The normalized spacial score (nSPS) is 10.7. The zero-order valence-electron chi connectivity index (χ0n) is 8.79. The molecule has 0 aliphatic heterocycles. The maximum absolute atomic E-state index is 11.7. The van der Waals surface area contributed by atoms with E-state index in [0.29, 0.717) is 12.2 Å². The average molecular weight is 202 g/mol. The Hall–Kier alpha value is -1.64. The standard InChI is InChI=1S/C12H14N2O/c1-2-3-8-11(15)12-13-9-6-4-5-7-10(9)14-12/h4-7H,2-3,8H2,1H3,(H,13,14). The maximum Gasteiger partial charge on any atom is 0.198 e. The molecule has 0 amide bonds. The van der Waals surface area contributed by atoms with Crippen molar-refractivity contribution in [3.8, 4) is 0 Å². The number of fused-ring (bicyclic) bond motifs is 1. The van der Waals surface area contributed by atoms with Crippen LogP contribution in [0.15, 0.2) is 24.3 Å². The quantitative estimate of drug-likeness (QED) is 0.775. The molecule has 0 radical (unpaired) electrons. The van der Waals surface area contributed by atoms with Crippen LogP contribution in [0.25, 0.3) is 11.0 Å². The summed E-state index contributed by atoms with van der Waals surface area (Å²) in [6, 6.07) is 7.69. The van der Waals surface area contributed by atoms with Gasteiger partial charge in [0.25, 0.3) is 0 Å². The lowest BCUT2D eigenvalue weighted by Crippen LogP contribution is -2.00. The first-order valence-electron chi connectivity index (χ1n) is 5.29. The van der Waals surface area contributed by atoms with Crippen LogP contribution in [0.4, 0.5) is 0 Å². The number of benzene rings is 1. The van der Waals surface area contributed by atoms with Gasteiger partial charge < -0.3 is 4.98 Å². The average Bonchev–Trinajstić information content (AvgIpc) is 2.69. The SMILES string of the molecule is CCCCC(=O)c1nc2ccccc2[nH]1. The van der Waals surface area contributed by atoms with E-state index in [1.165, 1.54) is 0 Å². The first-order valence-corrected chi connectivity index (χ1v) is 5.29. The number of aromatic amines is 1. The van der Waals surface area contributed by atoms with Crippen molar-refractivity contribution in [2.75, 3.05) is 0 Å². The predicted molar refractivity (Wildman–Crippen MR) is 59.9 cm³/mol. The van der Waals surface area contributed by atoms with E-state index in [1.807, 2.05) is 24.3 Å². The molecule has 78 valence electrons. The summed E-state index contributed by atoms with van der Waals surface area (Å²) >= 11 is 0. The van der Waals surface area contributed by atoms with Gasteiger partial charge in [0.15, 0.2) is 11.6 Å². The van der Waals surface area contributed by atoms with Crippen molar-refractivity contribution in [1.82, 2.24) is 9.97 Å². The molecule has 0 bridgehead atoms. The van der Waals surface area contributed by atoms with Gasteiger partial charge >= 0.3 is 0 Å². The molecule has 0 aliphatic carbocycles. The van der Waals surface area contributed by atoms with Crippen molar-refractivity contribution >= 4 is 16.8 Å². The Morgan fingerprint density at radius 2 is 2.20 bits per heavy atom. The number of ketones is 1. The molecule has 0 unspecified atom stereocenters. The number of para-hydroxylation sites is 2. The molecular weight excluding hydrogens is 188 g/mol. The van der Waals surface area contributed by atoms with Crippen LogP contribution in [0.5, 0.6) is 0 Å². The third kappa shape index (κ3) is 2.06. The van der Waals surface area contributed by atoms with Crippen molar-refractivity contribution in [1.29, 1.82) is 0 Å². The summed E-state index contributed by atoms with van der Waals surface area (Å²) in [5.41, 5.74) is 1.79. The van der Waals surface area contributed by atoms with Crippen molar-refractivity contribution < 1.29 is 4.79 Å². The largest absolute Gasteiger partial charge is 0.335 e. The van der Waals surface area contributed by atoms with Crippen molar-refractivity contribution in [2.45, 2.75) is 26.2 Å². The highest BCUT2D eigenvalue weighted by atomic mass is 16.1. The van der Waals surface area contributed by atoms with E-state index in [1.54, 1.807) is 0 Å². The Balaban J connectivity index is 2.25. The van der Waals surface area contributed by atoms with Gasteiger partial charge in [-0.25, -0.2) is 4.98 Å². The number of aromatic nitrogens is 2.